The number of nitrogens with two attached hydrogens (primary N) is 1. The van der Waals surface area contributed by atoms with Crippen molar-refractivity contribution in [3.63, 3.8) is 0 Å². The highest BCUT2D eigenvalue weighted by atomic mass is 32.1. The van der Waals surface area contributed by atoms with E-state index in [4.69, 9.17) is 10.6 Å². The zero-order valence-electron chi connectivity index (χ0n) is 16.9. The number of carbonyl (C=O) groups is 1. The molecule has 0 spiro atoms. The fourth-order valence-corrected chi connectivity index (χ4v) is 4.03. The predicted octanol–water partition coefficient (Wildman–Crippen LogP) is 5.03. The molecular formula is C25H21N3O2S. The molecule has 1 aromatic heterocycles. The molecular weight excluding hydrogens is 406 g/mol. The van der Waals surface area contributed by atoms with Crippen molar-refractivity contribution in [2.24, 2.45) is 5.16 Å². The molecule has 2 N–H and O–H groups in total. The maximum absolute atomic E-state index is 12.4. The highest BCUT2D eigenvalue weighted by molar-refractivity contribution is 7.13. The Morgan fingerprint density at radius 1 is 0.871 bits per heavy atom. The van der Waals surface area contributed by atoms with Crippen molar-refractivity contribution in [2.75, 3.05) is 5.73 Å². The number of ketones is 1. The zero-order valence-corrected chi connectivity index (χ0v) is 17.8. The van der Waals surface area contributed by atoms with Gasteiger partial charge in [-0.3, -0.25) is 4.79 Å². The summed E-state index contributed by atoms with van der Waals surface area (Å²) in [5.41, 5.74) is 7.89. The van der Waals surface area contributed by atoms with E-state index in [1.165, 1.54) is 18.3 Å². The minimum atomic E-state index is -1.06. The number of thiazole rings is 1. The van der Waals surface area contributed by atoms with Crippen LogP contribution in [0.15, 0.2) is 102 Å². The van der Waals surface area contributed by atoms with Crippen LogP contribution in [0.4, 0.5) is 5.13 Å². The topological polar surface area (TPSA) is 77.6 Å². The summed E-state index contributed by atoms with van der Waals surface area (Å²) in [4.78, 5) is 23.0. The zero-order chi connectivity index (χ0) is 21.7. The van der Waals surface area contributed by atoms with Crippen LogP contribution in [0.5, 0.6) is 0 Å². The van der Waals surface area contributed by atoms with Gasteiger partial charge in [0, 0.05) is 29.0 Å². The number of benzene rings is 3. The van der Waals surface area contributed by atoms with E-state index in [-0.39, 0.29) is 11.5 Å². The first-order valence-electron chi connectivity index (χ1n) is 9.76. The molecule has 5 nitrogen and oxygen atoms in total. The molecule has 0 aliphatic heterocycles. The number of hydrogen-bond donors (Lipinski definition) is 1. The Morgan fingerprint density at radius 2 is 1.32 bits per heavy atom. The third-order valence-electron chi connectivity index (χ3n) is 4.91. The van der Waals surface area contributed by atoms with Crippen LogP contribution < -0.4 is 5.73 Å². The minimum Gasteiger partial charge on any atom is -0.375 e. The van der Waals surface area contributed by atoms with Crippen molar-refractivity contribution in [2.45, 2.75) is 12.5 Å². The van der Waals surface area contributed by atoms with Crippen LogP contribution in [-0.4, -0.2) is 16.5 Å². The third kappa shape index (κ3) is 4.11. The first-order chi connectivity index (χ1) is 15.1. The van der Waals surface area contributed by atoms with Crippen molar-refractivity contribution < 1.29 is 9.63 Å². The number of anilines is 1. The Kier molecular flexibility index (Phi) is 5.91. The Labute approximate surface area is 184 Å². The summed E-state index contributed by atoms with van der Waals surface area (Å²) in [6.07, 6.45) is 0. The molecule has 0 radical (unpaired) electrons. The summed E-state index contributed by atoms with van der Waals surface area (Å²) in [6.45, 7) is 1.44. The molecule has 4 rings (SSSR count). The minimum absolute atomic E-state index is 0.125. The summed E-state index contributed by atoms with van der Waals surface area (Å²) < 4.78 is 0. The average Bonchev–Trinajstić information content (AvgIpc) is 3.24. The van der Waals surface area contributed by atoms with Gasteiger partial charge >= 0.3 is 0 Å². The summed E-state index contributed by atoms with van der Waals surface area (Å²) in [5, 5.41) is 6.43. The van der Waals surface area contributed by atoms with Gasteiger partial charge in [-0.2, -0.15) is 0 Å². The van der Waals surface area contributed by atoms with Gasteiger partial charge in [-0.1, -0.05) is 96.2 Å². The number of rotatable bonds is 7. The number of carbonyl (C=O) groups excluding carboxylic acids is 1. The van der Waals surface area contributed by atoms with E-state index in [9.17, 15) is 4.79 Å². The first kappa shape index (κ1) is 20.5. The Hall–Kier alpha value is -3.77. The second-order valence-electron chi connectivity index (χ2n) is 6.94. The lowest BCUT2D eigenvalue weighted by Crippen LogP contribution is -2.32. The van der Waals surface area contributed by atoms with Gasteiger partial charge in [0.2, 0.25) is 5.60 Å². The number of nitrogen functional groups attached to an aromatic ring is 1. The second kappa shape index (κ2) is 8.93. The molecule has 0 aliphatic rings. The average molecular weight is 428 g/mol. The van der Waals surface area contributed by atoms with E-state index in [1.807, 2.05) is 91.0 Å². The largest absolute Gasteiger partial charge is 0.375 e. The monoisotopic (exact) mass is 427 g/mol. The van der Waals surface area contributed by atoms with E-state index in [2.05, 4.69) is 10.1 Å². The van der Waals surface area contributed by atoms with E-state index in [0.717, 1.165) is 16.7 Å². The number of aromatic nitrogens is 1. The van der Waals surface area contributed by atoms with Crippen molar-refractivity contribution in [1.29, 1.82) is 0 Å². The van der Waals surface area contributed by atoms with Crippen molar-refractivity contribution >= 4 is 28.0 Å². The molecule has 0 bridgehead atoms. The van der Waals surface area contributed by atoms with Crippen LogP contribution in [0.2, 0.25) is 0 Å². The maximum atomic E-state index is 12.4. The molecule has 0 aliphatic carbocycles. The SMILES string of the molecule is CC(=O)/C(=N/OC(c1ccccc1)(c1ccccc1)c1ccccc1)c1csc(N)n1. The van der Waals surface area contributed by atoms with Crippen LogP contribution in [0.1, 0.15) is 29.3 Å². The van der Waals surface area contributed by atoms with Crippen LogP contribution in [0.3, 0.4) is 0 Å². The molecule has 1 heterocycles. The first-order valence-corrected chi connectivity index (χ1v) is 10.6. The molecule has 6 heteroatoms. The van der Waals surface area contributed by atoms with Crippen molar-refractivity contribution in [3.8, 4) is 0 Å². The lowest BCUT2D eigenvalue weighted by Gasteiger charge is -2.33. The number of nitrogens with zero attached hydrogens (tertiary/aromatic N) is 2. The Balaban J connectivity index is 1.95. The highest BCUT2D eigenvalue weighted by Crippen LogP contribution is 2.40. The molecule has 0 saturated heterocycles. The number of hydrogen-bond acceptors (Lipinski definition) is 6. The summed E-state index contributed by atoms with van der Waals surface area (Å²) in [7, 11) is 0. The fraction of sp³-hybridized carbons (Fsp3) is 0.0800. The van der Waals surface area contributed by atoms with E-state index in [1.54, 1.807) is 5.38 Å². The summed E-state index contributed by atoms with van der Waals surface area (Å²) >= 11 is 1.25. The molecule has 0 saturated carbocycles. The van der Waals surface area contributed by atoms with Gasteiger partial charge in [0.25, 0.3) is 0 Å². The summed E-state index contributed by atoms with van der Waals surface area (Å²) in [6, 6.07) is 29.5. The van der Waals surface area contributed by atoms with Crippen LogP contribution in [0.25, 0.3) is 0 Å². The normalized spacial score (nSPS) is 11.8. The van der Waals surface area contributed by atoms with Gasteiger partial charge in [0.05, 0.1) is 0 Å². The number of oxime groups is 1. The number of Topliss-reactive ketones (excluding diaryl/α,β-unsaturated/α-hetero) is 1. The van der Waals surface area contributed by atoms with Crippen LogP contribution in [-0.2, 0) is 15.2 Å². The van der Waals surface area contributed by atoms with Crippen molar-refractivity contribution in [3.05, 3.63) is 119 Å². The molecule has 31 heavy (non-hydrogen) atoms. The highest BCUT2D eigenvalue weighted by Gasteiger charge is 2.40. The second-order valence-corrected chi connectivity index (χ2v) is 7.83. The van der Waals surface area contributed by atoms with E-state index < -0.39 is 5.60 Å². The third-order valence-corrected chi connectivity index (χ3v) is 5.59. The molecule has 3 aromatic carbocycles. The van der Waals surface area contributed by atoms with Gasteiger partial charge in [-0.25, -0.2) is 4.98 Å². The predicted molar refractivity (Wildman–Crippen MR) is 124 cm³/mol. The molecule has 0 unspecified atom stereocenters. The molecule has 4 aromatic rings. The molecule has 0 amide bonds. The van der Waals surface area contributed by atoms with Gasteiger partial charge in [-0.15, -0.1) is 11.3 Å². The van der Waals surface area contributed by atoms with Gasteiger partial charge in [0.1, 0.15) is 5.69 Å². The molecule has 0 atom stereocenters. The lowest BCUT2D eigenvalue weighted by molar-refractivity contribution is -0.111. The Morgan fingerprint density at radius 3 is 1.68 bits per heavy atom. The molecule has 0 fully saturated rings. The van der Waals surface area contributed by atoms with Crippen LogP contribution in [0, 0.1) is 0 Å². The summed E-state index contributed by atoms with van der Waals surface area (Å²) in [5.74, 6) is -0.256. The quantitative estimate of drug-likeness (QED) is 0.255. The fourth-order valence-electron chi connectivity index (χ4n) is 3.48. The van der Waals surface area contributed by atoms with E-state index >= 15 is 0 Å². The standard InChI is InChI=1S/C25H21N3O2S/c1-18(29)23(22-17-31-24(26)27-22)28-30-25(19-11-5-2-6-12-19,20-13-7-3-8-14-20)21-15-9-4-10-16-21/h2-17H,1H3,(H2,26,27)/b28-23-. The van der Waals surface area contributed by atoms with E-state index in [0.29, 0.717) is 10.8 Å². The van der Waals surface area contributed by atoms with Gasteiger partial charge < -0.3 is 10.6 Å². The van der Waals surface area contributed by atoms with Gasteiger partial charge in [-0.05, 0) is 0 Å². The Bertz CT molecular complexity index is 1090. The molecule has 154 valence electrons. The van der Waals surface area contributed by atoms with Gasteiger partial charge in [0.15, 0.2) is 16.6 Å². The maximum Gasteiger partial charge on any atom is 0.212 e. The van der Waals surface area contributed by atoms with Crippen molar-refractivity contribution in [1.82, 2.24) is 4.98 Å². The lowest BCUT2D eigenvalue weighted by atomic mass is 9.80. The smallest absolute Gasteiger partial charge is 0.212 e. The van der Waals surface area contributed by atoms with Crippen LogP contribution >= 0.6 is 11.3 Å².